The average Bonchev–Trinajstić information content (AvgIpc) is 2.45. The van der Waals surface area contributed by atoms with Crippen LogP contribution < -0.4 is 10.6 Å². The van der Waals surface area contributed by atoms with E-state index in [0.29, 0.717) is 5.56 Å². The number of ketones is 1. The predicted molar refractivity (Wildman–Crippen MR) is 76.3 cm³/mol. The van der Waals surface area contributed by atoms with Crippen molar-refractivity contribution in [2.24, 2.45) is 0 Å². The first-order chi connectivity index (χ1) is 10.1. The summed E-state index contributed by atoms with van der Waals surface area (Å²) in [6.45, 7) is 2.98. The molecule has 0 aliphatic heterocycles. The number of Topliss-reactive ketones (excluding diaryl/α,β-unsaturated/α-hetero) is 1. The molecule has 0 saturated carbocycles. The van der Waals surface area contributed by atoms with Crippen LogP contribution in [0.25, 0.3) is 0 Å². The van der Waals surface area contributed by atoms with Crippen LogP contribution in [0.15, 0.2) is 24.3 Å². The number of likely N-dealkylation sites (N-methyl/N-ethyl adjacent to an activating group) is 1. The fraction of sp³-hybridized carbons (Fsp3) is 0.467. The zero-order chi connectivity index (χ0) is 16.9. The molecule has 22 heavy (non-hydrogen) atoms. The molecule has 0 aliphatic carbocycles. The van der Waals surface area contributed by atoms with Gasteiger partial charge in [-0.25, -0.2) is 0 Å². The second-order valence-corrected chi connectivity index (χ2v) is 5.08. The van der Waals surface area contributed by atoms with Crippen LogP contribution in [0.1, 0.15) is 25.0 Å². The van der Waals surface area contributed by atoms with Crippen molar-refractivity contribution in [3.8, 4) is 0 Å². The predicted octanol–water partition coefficient (Wildman–Crippen LogP) is 1.93. The van der Waals surface area contributed by atoms with E-state index in [9.17, 15) is 22.8 Å². The van der Waals surface area contributed by atoms with E-state index in [1.54, 1.807) is 14.0 Å². The number of nitrogens with one attached hydrogen (secondary N) is 2. The smallest absolute Gasteiger partial charge is 0.345 e. The zero-order valence-corrected chi connectivity index (χ0v) is 12.6. The van der Waals surface area contributed by atoms with E-state index in [4.69, 9.17) is 0 Å². The Labute approximate surface area is 127 Å². The van der Waals surface area contributed by atoms with Gasteiger partial charge in [-0.1, -0.05) is 12.1 Å². The summed E-state index contributed by atoms with van der Waals surface area (Å²) < 4.78 is 37.5. The summed E-state index contributed by atoms with van der Waals surface area (Å²) in [4.78, 5) is 23.4. The van der Waals surface area contributed by atoms with Gasteiger partial charge in [0.05, 0.1) is 17.6 Å². The largest absolute Gasteiger partial charge is 0.416 e. The van der Waals surface area contributed by atoms with Crippen molar-refractivity contribution in [2.45, 2.75) is 38.5 Å². The van der Waals surface area contributed by atoms with Gasteiger partial charge in [0.1, 0.15) is 0 Å². The van der Waals surface area contributed by atoms with Gasteiger partial charge in [-0.3, -0.25) is 9.59 Å². The van der Waals surface area contributed by atoms with Crippen molar-refractivity contribution in [1.29, 1.82) is 0 Å². The highest BCUT2D eigenvalue weighted by Gasteiger charge is 2.30. The van der Waals surface area contributed by atoms with Crippen molar-refractivity contribution >= 4 is 11.7 Å². The summed E-state index contributed by atoms with van der Waals surface area (Å²) in [5, 5.41) is 5.34. The number of hydrogen-bond acceptors (Lipinski definition) is 3. The van der Waals surface area contributed by atoms with Gasteiger partial charge in [-0.15, -0.1) is 0 Å². The minimum absolute atomic E-state index is 0.148. The molecule has 2 N–H and O–H groups in total. The molecule has 1 amide bonds. The Bertz CT molecular complexity index is 527. The van der Waals surface area contributed by atoms with E-state index in [-0.39, 0.29) is 18.1 Å². The number of halogens is 3. The number of carbonyl (C=O) groups excluding carboxylic acids is 2. The van der Waals surface area contributed by atoms with Crippen LogP contribution in [0.4, 0.5) is 13.2 Å². The van der Waals surface area contributed by atoms with Crippen molar-refractivity contribution in [2.75, 3.05) is 7.05 Å². The SMILES string of the molecule is CN[C@H](C)C(=O)N[C@H](Cc1ccc(C(F)(F)F)cc1)C(C)=O. The molecule has 7 heteroatoms. The lowest BCUT2D eigenvalue weighted by Crippen LogP contribution is -2.48. The van der Waals surface area contributed by atoms with Gasteiger partial charge in [0.2, 0.25) is 5.91 Å². The first-order valence-electron chi connectivity index (χ1n) is 6.79. The number of hydrogen-bond donors (Lipinski definition) is 2. The second kappa shape index (κ2) is 7.40. The molecule has 1 aromatic carbocycles. The van der Waals surface area contributed by atoms with Crippen molar-refractivity contribution in [3.63, 3.8) is 0 Å². The highest BCUT2D eigenvalue weighted by Crippen LogP contribution is 2.29. The Morgan fingerprint density at radius 1 is 1.18 bits per heavy atom. The van der Waals surface area contributed by atoms with Crippen LogP contribution in [0, 0.1) is 0 Å². The summed E-state index contributed by atoms with van der Waals surface area (Å²) in [6.07, 6.45) is -4.25. The maximum atomic E-state index is 12.5. The maximum Gasteiger partial charge on any atom is 0.416 e. The Balaban J connectivity index is 2.79. The lowest BCUT2D eigenvalue weighted by molar-refractivity contribution is -0.137. The van der Waals surface area contributed by atoms with Crippen LogP contribution in [0.2, 0.25) is 0 Å². The van der Waals surface area contributed by atoms with E-state index < -0.39 is 23.8 Å². The molecule has 0 bridgehead atoms. The molecule has 1 rings (SSSR count). The van der Waals surface area contributed by atoms with Crippen LogP contribution >= 0.6 is 0 Å². The average molecular weight is 316 g/mol. The maximum absolute atomic E-state index is 12.5. The number of amides is 1. The molecule has 0 unspecified atom stereocenters. The van der Waals surface area contributed by atoms with Crippen LogP contribution in [-0.2, 0) is 22.2 Å². The molecular formula is C15H19F3N2O2. The Morgan fingerprint density at radius 2 is 1.73 bits per heavy atom. The van der Waals surface area contributed by atoms with E-state index >= 15 is 0 Å². The highest BCUT2D eigenvalue weighted by atomic mass is 19.4. The highest BCUT2D eigenvalue weighted by molar-refractivity contribution is 5.89. The van der Waals surface area contributed by atoms with Crippen molar-refractivity contribution in [3.05, 3.63) is 35.4 Å². The van der Waals surface area contributed by atoms with Gasteiger partial charge in [0.15, 0.2) is 5.78 Å². The van der Waals surface area contributed by atoms with E-state index in [2.05, 4.69) is 10.6 Å². The molecule has 122 valence electrons. The number of benzene rings is 1. The molecule has 0 radical (unpaired) electrons. The summed E-state index contributed by atoms with van der Waals surface area (Å²) in [6, 6.07) is 3.32. The lowest BCUT2D eigenvalue weighted by atomic mass is 10.0. The quantitative estimate of drug-likeness (QED) is 0.843. The topological polar surface area (TPSA) is 58.2 Å². The third-order valence-electron chi connectivity index (χ3n) is 3.35. The molecule has 0 saturated heterocycles. The number of rotatable bonds is 6. The minimum atomic E-state index is -4.39. The van der Waals surface area contributed by atoms with E-state index in [1.807, 2.05) is 0 Å². The first-order valence-corrected chi connectivity index (χ1v) is 6.79. The lowest BCUT2D eigenvalue weighted by Gasteiger charge is -2.19. The molecule has 0 heterocycles. The van der Waals surface area contributed by atoms with E-state index in [1.165, 1.54) is 19.1 Å². The Hall–Kier alpha value is -1.89. The summed E-state index contributed by atoms with van der Waals surface area (Å²) in [5.74, 6) is -0.592. The molecule has 1 aromatic rings. The van der Waals surface area contributed by atoms with Gasteiger partial charge in [0.25, 0.3) is 0 Å². The fourth-order valence-electron chi connectivity index (χ4n) is 1.79. The van der Waals surface area contributed by atoms with Gasteiger partial charge in [0, 0.05) is 0 Å². The van der Waals surface area contributed by atoms with Gasteiger partial charge in [-0.05, 0) is 45.0 Å². The van der Waals surface area contributed by atoms with Gasteiger partial charge in [-0.2, -0.15) is 13.2 Å². The number of carbonyl (C=O) groups is 2. The third-order valence-corrected chi connectivity index (χ3v) is 3.35. The Morgan fingerprint density at radius 3 is 2.14 bits per heavy atom. The van der Waals surface area contributed by atoms with Gasteiger partial charge >= 0.3 is 6.18 Å². The van der Waals surface area contributed by atoms with Crippen LogP contribution in [0.5, 0.6) is 0 Å². The monoisotopic (exact) mass is 316 g/mol. The normalized spacial score (nSPS) is 14.3. The molecular weight excluding hydrogens is 297 g/mol. The summed E-state index contributed by atoms with van der Waals surface area (Å²) >= 11 is 0. The second-order valence-electron chi connectivity index (χ2n) is 5.08. The molecule has 0 spiro atoms. The van der Waals surface area contributed by atoms with Crippen LogP contribution in [0.3, 0.4) is 0 Å². The minimum Gasteiger partial charge on any atom is -0.345 e. The van der Waals surface area contributed by atoms with Crippen molar-refractivity contribution < 1.29 is 22.8 Å². The molecule has 0 aromatic heterocycles. The Kier molecular flexibility index (Phi) is 6.11. The van der Waals surface area contributed by atoms with Gasteiger partial charge < -0.3 is 10.6 Å². The summed E-state index contributed by atoms with van der Waals surface area (Å²) in [7, 11) is 1.61. The first kappa shape index (κ1) is 18.2. The molecule has 0 fully saturated rings. The third kappa shape index (κ3) is 5.14. The molecule has 0 aliphatic rings. The molecule has 2 atom stereocenters. The van der Waals surface area contributed by atoms with Crippen molar-refractivity contribution in [1.82, 2.24) is 10.6 Å². The van der Waals surface area contributed by atoms with E-state index in [0.717, 1.165) is 12.1 Å². The standard InChI is InChI=1S/C15H19F3N2O2/c1-9(19-3)14(22)20-13(10(2)21)8-11-4-6-12(7-5-11)15(16,17)18/h4-7,9,13,19H,8H2,1-3H3,(H,20,22)/t9-,13-/m1/s1. The summed E-state index contributed by atoms with van der Waals surface area (Å²) in [5.41, 5.74) is -0.200. The fourth-order valence-corrected chi connectivity index (χ4v) is 1.79. The molecule has 4 nitrogen and oxygen atoms in total. The number of alkyl halides is 3. The van der Waals surface area contributed by atoms with Crippen LogP contribution in [-0.4, -0.2) is 30.8 Å². The zero-order valence-electron chi connectivity index (χ0n) is 12.6.